The summed E-state index contributed by atoms with van der Waals surface area (Å²) in [5.74, 6) is 0.449. The number of rotatable bonds is 4. The lowest BCUT2D eigenvalue weighted by Crippen LogP contribution is -2.40. The van der Waals surface area contributed by atoms with E-state index in [0.717, 1.165) is 28.2 Å². The van der Waals surface area contributed by atoms with Crippen LogP contribution in [0.4, 0.5) is 17.1 Å². The fourth-order valence-corrected chi connectivity index (χ4v) is 5.81. The first-order valence-electron chi connectivity index (χ1n) is 10.5. The summed E-state index contributed by atoms with van der Waals surface area (Å²) in [6.07, 6.45) is -0.304. The fourth-order valence-electron chi connectivity index (χ4n) is 4.39. The second-order valence-electron chi connectivity index (χ2n) is 8.66. The van der Waals surface area contributed by atoms with Crippen molar-refractivity contribution in [2.24, 2.45) is 0 Å². The van der Waals surface area contributed by atoms with Gasteiger partial charge in [-0.1, -0.05) is 6.07 Å². The second kappa shape index (κ2) is 7.36. The van der Waals surface area contributed by atoms with Gasteiger partial charge >= 0.3 is 0 Å². The first-order valence-corrected chi connectivity index (χ1v) is 11.9. The predicted molar refractivity (Wildman–Crippen MR) is 121 cm³/mol. The van der Waals surface area contributed by atoms with Crippen molar-refractivity contribution >= 4 is 33.0 Å². The molecule has 3 heterocycles. The van der Waals surface area contributed by atoms with Crippen LogP contribution in [0, 0.1) is 0 Å². The minimum absolute atomic E-state index is 0.0218. The average molecular weight is 459 g/mol. The van der Waals surface area contributed by atoms with E-state index in [9.17, 15) is 13.2 Å². The number of hydrogen-bond donors (Lipinski definition) is 3. The molecule has 3 aliphatic heterocycles. The van der Waals surface area contributed by atoms with Gasteiger partial charge in [0.25, 0.3) is 0 Å². The van der Waals surface area contributed by atoms with Crippen molar-refractivity contribution in [1.29, 1.82) is 0 Å². The molecular weight excluding hydrogens is 432 g/mol. The molecule has 3 aliphatic rings. The van der Waals surface area contributed by atoms with Gasteiger partial charge in [0.1, 0.15) is 11.9 Å². The van der Waals surface area contributed by atoms with E-state index in [0.29, 0.717) is 32.1 Å². The molecular formula is C22H26N4O5S. The van der Waals surface area contributed by atoms with Gasteiger partial charge in [-0.25, -0.2) is 8.42 Å². The van der Waals surface area contributed by atoms with Crippen molar-refractivity contribution in [2.75, 3.05) is 49.4 Å². The van der Waals surface area contributed by atoms with Crippen LogP contribution in [0.1, 0.15) is 31.1 Å². The highest BCUT2D eigenvalue weighted by Crippen LogP contribution is 2.46. The van der Waals surface area contributed by atoms with Crippen LogP contribution in [0.5, 0.6) is 5.75 Å². The second-order valence-corrected chi connectivity index (χ2v) is 10.6. The van der Waals surface area contributed by atoms with Gasteiger partial charge in [0.2, 0.25) is 15.9 Å². The van der Waals surface area contributed by atoms with Crippen LogP contribution in [0.2, 0.25) is 0 Å². The highest BCUT2D eigenvalue weighted by atomic mass is 32.2. The van der Waals surface area contributed by atoms with Crippen molar-refractivity contribution in [3.63, 3.8) is 0 Å². The van der Waals surface area contributed by atoms with E-state index in [2.05, 4.69) is 16.0 Å². The van der Waals surface area contributed by atoms with Gasteiger partial charge in [0.05, 0.1) is 42.0 Å². The molecule has 5 rings (SSSR count). The molecule has 0 aromatic heterocycles. The molecule has 0 bridgehead atoms. The van der Waals surface area contributed by atoms with E-state index < -0.39 is 15.4 Å². The van der Waals surface area contributed by atoms with E-state index >= 15 is 0 Å². The van der Waals surface area contributed by atoms with E-state index in [1.54, 1.807) is 18.2 Å². The monoisotopic (exact) mass is 458 g/mol. The molecule has 0 aliphatic carbocycles. The molecule has 1 saturated heterocycles. The molecule has 170 valence electrons. The molecule has 2 aromatic carbocycles. The molecule has 1 amide bonds. The third-order valence-corrected chi connectivity index (χ3v) is 8.26. The first-order chi connectivity index (χ1) is 15.2. The topological polar surface area (TPSA) is 109 Å². The molecule has 32 heavy (non-hydrogen) atoms. The summed E-state index contributed by atoms with van der Waals surface area (Å²) in [4.78, 5) is 12.4. The number of anilines is 3. The summed E-state index contributed by atoms with van der Waals surface area (Å²) in [6.45, 7) is 5.26. The molecule has 1 fully saturated rings. The number of nitrogens with zero attached hydrogens (tertiary/aromatic N) is 1. The van der Waals surface area contributed by atoms with Gasteiger partial charge in [-0.05, 0) is 37.6 Å². The number of morpholine rings is 1. The molecule has 1 atom stereocenters. The number of amides is 1. The smallest absolute Gasteiger partial charge is 0.243 e. The van der Waals surface area contributed by atoms with E-state index in [4.69, 9.17) is 9.47 Å². The highest BCUT2D eigenvalue weighted by Gasteiger charge is 2.40. The number of hydrogen-bond acceptors (Lipinski definition) is 7. The minimum atomic E-state index is -3.62. The van der Waals surface area contributed by atoms with E-state index in [1.165, 1.54) is 11.4 Å². The summed E-state index contributed by atoms with van der Waals surface area (Å²) in [7, 11) is -2.09. The Kier molecular flexibility index (Phi) is 4.84. The van der Waals surface area contributed by atoms with E-state index in [1.807, 2.05) is 26.0 Å². The Morgan fingerprint density at radius 3 is 2.44 bits per heavy atom. The fraction of sp³-hybridized carbons (Fsp3) is 0.409. The molecule has 0 radical (unpaired) electrons. The Morgan fingerprint density at radius 2 is 1.75 bits per heavy atom. The van der Waals surface area contributed by atoms with Gasteiger partial charge in [0.15, 0.2) is 0 Å². The lowest BCUT2D eigenvalue weighted by molar-refractivity contribution is -0.119. The molecule has 0 saturated carbocycles. The number of sulfonamides is 1. The Morgan fingerprint density at radius 1 is 1.06 bits per heavy atom. The van der Waals surface area contributed by atoms with Crippen LogP contribution in [0.15, 0.2) is 35.2 Å². The summed E-state index contributed by atoms with van der Waals surface area (Å²) in [5, 5.41) is 9.76. The summed E-state index contributed by atoms with van der Waals surface area (Å²) in [5.41, 5.74) is 3.66. The number of nitrogens with one attached hydrogen (secondary N) is 3. The zero-order valence-corrected chi connectivity index (χ0v) is 19.0. The molecule has 10 heteroatoms. The maximum atomic E-state index is 13.0. The molecule has 2 aromatic rings. The van der Waals surface area contributed by atoms with Crippen molar-refractivity contribution in [1.82, 2.24) is 4.31 Å². The number of ether oxygens (including phenoxy) is 2. The molecule has 1 unspecified atom stereocenters. The zero-order valence-electron chi connectivity index (χ0n) is 18.2. The SMILES string of the molecule is COc1cc(S(=O)(=O)N2CCOCC2)ccc1C1Nc2cc3c(cc2N1)C(C)(C)C(=O)N3. The summed E-state index contributed by atoms with van der Waals surface area (Å²) >= 11 is 0. The lowest BCUT2D eigenvalue weighted by atomic mass is 9.86. The summed E-state index contributed by atoms with van der Waals surface area (Å²) in [6, 6.07) is 8.85. The lowest BCUT2D eigenvalue weighted by Gasteiger charge is -2.26. The quantitative estimate of drug-likeness (QED) is 0.646. The van der Waals surface area contributed by atoms with Crippen molar-refractivity contribution in [2.45, 2.75) is 30.3 Å². The number of carbonyl (C=O) groups excluding carboxylic acids is 1. The first kappa shape index (κ1) is 21.0. The van der Waals surface area contributed by atoms with Crippen LogP contribution in [0.3, 0.4) is 0 Å². The van der Waals surface area contributed by atoms with Gasteiger partial charge in [-0.2, -0.15) is 4.31 Å². The molecule has 0 spiro atoms. The van der Waals surface area contributed by atoms with Crippen LogP contribution in [-0.4, -0.2) is 52.0 Å². The minimum Gasteiger partial charge on any atom is -0.496 e. The Balaban J connectivity index is 1.44. The van der Waals surface area contributed by atoms with Gasteiger partial charge in [-0.15, -0.1) is 0 Å². The van der Waals surface area contributed by atoms with Gasteiger partial charge < -0.3 is 25.4 Å². The van der Waals surface area contributed by atoms with Crippen molar-refractivity contribution in [3.8, 4) is 5.75 Å². The number of methoxy groups -OCH3 is 1. The number of carbonyl (C=O) groups is 1. The van der Waals surface area contributed by atoms with Crippen molar-refractivity contribution < 1.29 is 22.7 Å². The van der Waals surface area contributed by atoms with E-state index in [-0.39, 0.29) is 17.0 Å². The standard InChI is InChI=1S/C22H26N4O5S/c1-22(2)15-11-17-18(12-16(15)25-21(22)27)24-20(23-17)14-5-4-13(10-19(14)30-3)32(28,29)26-6-8-31-9-7-26/h4-5,10-12,20,23-24H,6-9H2,1-3H3,(H,25,27). The number of benzene rings is 2. The van der Waals surface area contributed by atoms with Crippen LogP contribution in [-0.2, 0) is 25.0 Å². The third kappa shape index (κ3) is 3.21. The normalized spacial score (nSPS) is 21.8. The van der Waals surface area contributed by atoms with Crippen LogP contribution >= 0.6 is 0 Å². The number of fused-ring (bicyclic) bond motifs is 2. The Labute approximate surface area is 187 Å². The largest absolute Gasteiger partial charge is 0.496 e. The third-order valence-electron chi connectivity index (χ3n) is 6.37. The molecule has 3 N–H and O–H groups in total. The Bertz CT molecular complexity index is 1210. The maximum Gasteiger partial charge on any atom is 0.243 e. The van der Waals surface area contributed by atoms with Crippen LogP contribution in [0.25, 0.3) is 0 Å². The Hall–Kier alpha value is -2.82. The van der Waals surface area contributed by atoms with Crippen molar-refractivity contribution in [3.05, 3.63) is 41.5 Å². The molecule has 9 nitrogen and oxygen atoms in total. The predicted octanol–water partition coefficient (Wildman–Crippen LogP) is 2.48. The van der Waals surface area contributed by atoms with Gasteiger partial charge in [-0.3, -0.25) is 4.79 Å². The summed E-state index contributed by atoms with van der Waals surface area (Å²) < 4.78 is 38.3. The average Bonchev–Trinajstić information content (AvgIpc) is 3.30. The highest BCUT2D eigenvalue weighted by molar-refractivity contribution is 7.89. The van der Waals surface area contributed by atoms with Crippen LogP contribution < -0.4 is 20.7 Å². The maximum absolute atomic E-state index is 13.0. The van der Waals surface area contributed by atoms with Gasteiger partial charge in [0, 0.05) is 30.4 Å². The zero-order chi connectivity index (χ0) is 22.7.